The number of aromatic nitrogens is 2. The van der Waals surface area contributed by atoms with Crippen LogP contribution in [0.5, 0.6) is 5.88 Å². The molecule has 0 aliphatic rings. The molecule has 0 saturated carbocycles. The molecule has 0 saturated heterocycles. The van der Waals surface area contributed by atoms with E-state index in [-0.39, 0.29) is 12.1 Å². The van der Waals surface area contributed by atoms with Crippen molar-refractivity contribution in [2.45, 2.75) is 33.3 Å². The molecule has 0 aromatic carbocycles. The lowest BCUT2D eigenvalue weighted by Gasteiger charge is -2.17. The quantitative estimate of drug-likeness (QED) is 0.700. The maximum Gasteiger partial charge on any atom is 0.307 e. The minimum absolute atomic E-state index is 0.0626. The first-order valence-corrected chi connectivity index (χ1v) is 6.39. The zero-order valence-corrected chi connectivity index (χ0v) is 11.9. The lowest BCUT2D eigenvalue weighted by atomic mass is 10.4. The summed E-state index contributed by atoms with van der Waals surface area (Å²) >= 11 is 0. The second kappa shape index (κ2) is 7.56. The van der Waals surface area contributed by atoms with Crippen molar-refractivity contribution in [2.24, 2.45) is 0 Å². The van der Waals surface area contributed by atoms with E-state index in [2.05, 4.69) is 9.97 Å². The van der Waals surface area contributed by atoms with Gasteiger partial charge in [-0.2, -0.15) is 4.98 Å². The van der Waals surface area contributed by atoms with Crippen LogP contribution in [0.15, 0.2) is 12.3 Å². The van der Waals surface area contributed by atoms with E-state index in [1.807, 2.05) is 20.9 Å². The molecular weight excluding hydrogens is 246 g/mol. The van der Waals surface area contributed by atoms with E-state index in [0.29, 0.717) is 31.4 Å². The molecule has 19 heavy (non-hydrogen) atoms. The molecule has 0 spiro atoms. The van der Waals surface area contributed by atoms with Crippen LogP contribution in [0.3, 0.4) is 0 Å². The van der Waals surface area contributed by atoms with E-state index in [4.69, 9.17) is 9.47 Å². The van der Waals surface area contributed by atoms with Crippen molar-refractivity contribution in [3.05, 3.63) is 12.3 Å². The summed E-state index contributed by atoms with van der Waals surface area (Å²) in [6.07, 6.45) is 2.01. The molecule has 0 aliphatic carbocycles. The predicted octanol–water partition coefficient (Wildman–Crippen LogP) is 1.65. The molecule has 0 unspecified atom stereocenters. The van der Waals surface area contributed by atoms with Gasteiger partial charge in [0, 0.05) is 25.9 Å². The number of nitrogens with zero attached hydrogens (tertiary/aromatic N) is 3. The number of carbonyl (C=O) groups excluding carboxylic acids is 1. The predicted molar refractivity (Wildman–Crippen MR) is 72.3 cm³/mol. The van der Waals surface area contributed by atoms with Crippen molar-refractivity contribution >= 4 is 11.9 Å². The van der Waals surface area contributed by atoms with Gasteiger partial charge in [0.15, 0.2) is 0 Å². The molecule has 6 nitrogen and oxygen atoms in total. The third kappa shape index (κ3) is 5.54. The molecule has 0 aliphatic heterocycles. The van der Waals surface area contributed by atoms with Crippen LogP contribution >= 0.6 is 0 Å². The first-order chi connectivity index (χ1) is 9.02. The highest BCUT2D eigenvalue weighted by atomic mass is 16.5. The topological polar surface area (TPSA) is 64.5 Å². The first kappa shape index (κ1) is 15.2. The number of hydrogen-bond acceptors (Lipinski definition) is 6. The van der Waals surface area contributed by atoms with Crippen LogP contribution < -0.4 is 9.64 Å². The SMILES string of the molecule is CCOC(=O)CCN(C)c1nccc(OC(C)C)n1. The molecule has 1 rings (SSSR count). The third-order valence-electron chi connectivity index (χ3n) is 2.27. The molecule has 106 valence electrons. The van der Waals surface area contributed by atoms with Crippen LogP contribution in [0.25, 0.3) is 0 Å². The molecule has 0 N–H and O–H groups in total. The Balaban J connectivity index is 2.56. The first-order valence-electron chi connectivity index (χ1n) is 6.39. The van der Waals surface area contributed by atoms with Crippen molar-refractivity contribution in [1.82, 2.24) is 9.97 Å². The fraction of sp³-hybridized carbons (Fsp3) is 0.615. The van der Waals surface area contributed by atoms with E-state index in [0.717, 1.165) is 0 Å². The van der Waals surface area contributed by atoms with Gasteiger partial charge in [0.05, 0.1) is 19.1 Å². The van der Waals surface area contributed by atoms with Crippen LogP contribution in [-0.2, 0) is 9.53 Å². The highest BCUT2D eigenvalue weighted by molar-refractivity contribution is 5.70. The van der Waals surface area contributed by atoms with Crippen LogP contribution in [0.4, 0.5) is 5.95 Å². The number of rotatable bonds is 7. The van der Waals surface area contributed by atoms with Gasteiger partial charge in [-0.1, -0.05) is 0 Å². The molecular formula is C13H21N3O3. The maximum atomic E-state index is 11.3. The van der Waals surface area contributed by atoms with Gasteiger partial charge < -0.3 is 14.4 Å². The fourth-order valence-corrected chi connectivity index (χ4v) is 1.42. The third-order valence-corrected chi connectivity index (χ3v) is 2.27. The van der Waals surface area contributed by atoms with E-state index in [1.165, 1.54) is 0 Å². The molecule has 0 atom stereocenters. The summed E-state index contributed by atoms with van der Waals surface area (Å²) in [6.45, 7) is 6.57. The lowest BCUT2D eigenvalue weighted by molar-refractivity contribution is -0.142. The molecule has 0 radical (unpaired) electrons. The van der Waals surface area contributed by atoms with Gasteiger partial charge in [-0.15, -0.1) is 0 Å². The highest BCUT2D eigenvalue weighted by Gasteiger charge is 2.09. The summed E-state index contributed by atoms with van der Waals surface area (Å²) in [4.78, 5) is 21.5. The molecule has 0 fully saturated rings. The smallest absolute Gasteiger partial charge is 0.307 e. The Labute approximate surface area is 113 Å². The number of esters is 1. The Morgan fingerprint density at radius 3 is 2.84 bits per heavy atom. The summed E-state index contributed by atoms with van der Waals surface area (Å²) in [6, 6.07) is 1.71. The second-order valence-electron chi connectivity index (χ2n) is 4.34. The number of hydrogen-bond donors (Lipinski definition) is 0. The average Bonchev–Trinajstić information content (AvgIpc) is 2.36. The highest BCUT2D eigenvalue weighted by Crippen LogP contribution is 2.13. The molecule has 1 aromatic heterocycles. The van der Waals surface area contributed by atoms with E-state index in [9.17, 15) is 4.79 Å². The number of ether oxygens (including phenoxy) is 2. The standard InChI is InChI=1S/C13H21N3O3/c1-5-18-12(17)7-9-16(4)13-14-8-6-11(15-13)19-10(2)3/h6,8,10H,5,7,9H2,1-4H3. The minimum Gasteiger partial charge on any atom is -0.475 e. The van der Waals surface area contributed by atoms with Crippen molar-refractivity contribution in [3.8, 4) is 5.88 Å². The van der Waals surface area contributed by atoms with Crippen molar-refractivity contribution < 1.29 is 14.3 Å². The summed E-state index contributed by atoms with van der Waals surface area (Å²) in [7, 11) is 1.83. The van der Waals surface area contributed by atoms with Crippen LogP contribution in [0, 0.1) is 0 Å². The minimum atomic E-state index is -0.219. The summed E-state index contributed by atoms with van der Waals surface area (Å²) in [5.74, 6) is 0.842. The average molecular weight is 267 g/mol. The Kier molecular flexibility index (Phi) is 6.05. The fourth-order valence-electron chi connectivity index (χ4n) is 1.42. The Morgan fingerprint density at radius 2 is 2.21 bits per heavy atom. The molecule has 0 amide bonds. The molecule has 0 bridgehead atoms. The van der Waals surface area contributed by atoms with Gasteiger partial charge in [-0.25, -0.2) is 4.98 Å². The molecule has 6 heteroatoms. The molecule has 1 aromatic rings. The van der Waals surface area contributed by atoms with Crippen LogP contribution in [-0.4, -0.2) is 42.2 Å². The van der Waals surface area contributed by atoms with E-state index in [1.54, 1.807) is 24.1 Å². The van der Waals surface area contributed by atoms with Crippen LogP contribution in [0.1, 0.15) is 27.2 Å². The Hall–Kier alpha value is -1.85. The zero-order valence-electron chi connectivity index (χ0n) is 11.9. The van der Waals surface area contributed by atoms with Gasteiger partial charge in [0.2, 0.25) is 11.8 Å². The maximum absolute atomic E-state index is 11.3. The summed E-state index contributed by atoms with van der Waals surface area (Å²) in [5.41, 5.74) is 0. The zero-order chi connectivity index (χ0) is 14.3. The van der Waals surface area contributed by atoms with Crippen molar-refractivity contribution in [1.29, 1.82) is 0 Å². The van der Waals surface area contributed by atoms with E-state index < -0.39 is 0 Å². The van der Waals surface area contributed by atoms with Crippen molar-refractivity contribution in [3.63, 3.8) is 0 Å². The Bertz CT molecular complexity index is 410. The van der Waals surface area contributed by atoms with Gasteiger partial charge in [-0.05, 0) is 20.8 Å². The summed E-state index contributed by atoms with van der Waals surface area (Å²) < 4.78 is 10.4. The molecule has 1 heterocycles. The van der Waals surface area contributed by atoms with Gasteiger partial charge in [-0.3, -0.25) is 4.79 Å². The van der Waals surface area contributed by atoms with Gasteiger partial charge in [0.25, 0.3) is 0 Å². The normalized spacial score (nSPS) is 10.4. The van der Waals surface area contributed by atoms with Crippen molar-refractivity contribution in [2.75, 3.05) is 25.1 Å². The Morgan fingerprint density at radius 1 is 1.47 bits per heavy atom. The largest absolute Gasteiger partial charge is 0.475 e. The second-order valence-corrected chi connectivity index (χ2v) is 4.34. The summed E-state index contributed by atoms with van der Waals surface area (Å²) in [5, 5.41) is 0. The van der Waals surface area contributed by atoms with Crippen LogP contribution in [0.2, 0.25) is 0 Å². The number of anilines is 1. The van der Waals surface area contributed by atoms with Gasteiger partial charge in [0.1, 0.15) is 0 Å². The van der Waals surface area contributed by atoms with E-state index >= 15 is 0 Å². The lowest BCUT2D eigenvalue weighted by Crippen LogP contribution is -2.24. The van der Waals surface area contributed by atoms with Gasteiger partial charge >= 0.3 is 5.97 Å². The number of carbonyl (C=O) groups is 1. The monoisotopic (exact) mass is 267 g/mol.